The molecule has 0 fully saturated rings. The molecule has 1 N–H and O–H groups in total. The summed E-state index contributed by atoms with van der Waals surface area (Å²) in [7, 11) is 0. The first-order valence-electron chi connectivity index (χ1n) is 3.91. The van der Waals surface area contributed by atoms with Crippen LogP contribution in [0, 0.1) is 6.92 Å². The molecule has 0 saturated carbocycles. The van der Waals surface area contributed by atoms with Crippen molar-refractivity contribution in [3.8, 4) is 5.75 Å². The molecule has 0 amide bonds. The van der Waals surface area contributed by atoms with Crippen molar-refractivity contribution < 1.29 is 32.4 Å². The SMILES string of the molecule is Cc1ccc(C(C)C)c(O)c1.[Cd]. The number of phenols is 1. The third kappa shape index (κ3) is 2.77. The van der Waals surface area contributed by atoms with E-state index in [1.54, 1.807) is 6.07 Å². The van der Waals surface area contributed by atoms with Crippen LogP contribution < -0.4 is 0 Å². The fourth-order valence-corrected chi connectivity index (χ4v) is 1.14. The van der Waals surface area contributed by atoms with Crippen LogP contribution in [0.3, 0.4) is 0 Å². The zero-order valence-corrected chi connectivity index (χ0v) is 12.0. The smallest absolute Gasteiger partial charge is 0.119 e. The van der Waals surface area contributed by atoms with Gasteiger partial charge in [-0.3, -0.25) is 0 Å². The van der Waals surface area contributed by atoms with E-state index in [1.165, 1.54) is 0 Å². The average Bonchev–Trinajstić information content (AvgIpc) is 1.85. The van der Waals surface area contributed by atoms with Crippen LogP contribution in [0.4, 0.5) is 0 Å². The number of hydrogen-bond acceptors (Lipinski definition) is 1. The minimum atomic E-state index is 0. The van der Waals surface area contributed by atoms with E-state index < -0.39 is 0 Å². The van der Waals surface area contributed by atoms with Gasteiger partial charge in [0.25, 0.3) is 0 Å². The maximum atomic E-state index is 9.46. The maximum Gasteiger partial charge on any atom is 0.119 e. The van der Waals surface area contributed by atoms with Crippen molar-refractivity contribution in [3.05, 3.63) is 29.3 Å². The maximum absolute atomic E-state index is 9.46. The predicted octanol–water partition coefficient (Wildman–Crippen LogP) is 2.82. The molecule has 1 aromatic rings. The number of aromatic hydroxyl groups is 1. The van der Waals surface area contributed by atoms with Gasteiger partial charge in [0.2, 0.25) is 0 Å². The minimum absolute atomic E-state index is 0. The summed E-state index contributed by atoms with van der Waals surface area (Å²) in [5.41, 5.74) is 2.13. The first-order valence-corrected chi connectivity index (χ1v) is 3.91. The Morgan fingerprint density at radius 1 is 1.25 bits per heavy atom. The molecule has 0 saturated heterocycles. The molecule has 1 nitrogen and oxygen atoms in total. The van der Waals surface area contributed by atoms with Crippen molar-refractivity contribution in [1.82, 2.24) is 0 Å². The average molecular weight is 263 g/mol. The van der Waals surface area contributed by atoms with Crippen LogP contribution in [0.5, 0.6) is 5.75 Å². The topological polar surface area (TPSA) is 20.2 Å². The summed E-state index contributed by atoms with van der Waals surface area (Å²) in [6.45, 7) is 6.12. The third-order valence-corrected chi connectivity index (χ3v) is 1.81. The van der Waals surface area contributed by atoms with Gasteiger partial charge in [-0.2, -0.15) is 0 Å². The van der Waals surface area contributed by atoms with Crippen LogP contribution in [0.1, 0.15) is 30.9 Å². The molecule has 0 atom stereocenters. The van der Waals surface area contributed by atoms with Crippen molar-refractivity contribution in [2.45, 2.75) is 26.7 Å². The van der Waals surface area contributed by atoms with Gasteiger partial charge in [0, 0.05) is 27.3 Å². The van der Waals surface area contributed by atoms with Crippen molar-refractivity contribution in [3.63, 3.8) is 0 Å². The minimum Gasteiger partial charge on any atom is -0.508 e. The largest absolute Gasteiger partial charge is 0.508 e. The molecule has 0 radical (unpaired) electrons. The van der Waals surface area contributed by atoms with Gasteiger partial charge in [0.05, 0.1) is 0 Å². The van der Waals surface area contributed by atoms with Crippen molar-refractivity contribution in [2.24, 2.45) is 0 Å². The van der Waals surface area contributed by atoms with E-state index in [-0.39, 0.29) is 27.3 Å². The molecule has 12 heavy (non-hydrogen) atoms. The molecule has 0 aliphatic carbocycles. The van der Waals surface area contributed by atoms with Crippen LogP contribution in [0.2, 0.25) is 0 Å². The standard InChI is InChI=1S/C10H14O.Cd/c1-7(2)9-5-4-8(3)6-10(9)11;/h4-7,11H,1-3H3;. The van der Waals surface area contributed by atoms with Crippen LogP contribution >= 0.6 is 0 Å². The number of aryl methyl sites for hydroxylation is 1. The molecule has 0 aromatic heterocycles. The Balaban J connectivity index is 0.00000121. The van der Waals surface area contributed by atoms with Crippen molar-refractivity contribution in [2.75, 3.05) is 0 Å². The van der Waals surface area contributed by atoms with Gasteiger partial charge in [-0.1, -0.05) is 26.0 Å². The van der Waals surface area contributed by atoms with E-state index in [2.05, 4.69) is 13.8 Å². The molecule has 0 unspecified atom stereocenters. The summed E-state index contributed by atoms with van der Waals surface area (Å²) in [6.07, 6.45) is 0. The monoisotopic (exact) mass is 264 g/mol. The summed E-state index contributed by atoms with van der Waals surface area (Å²) < 4.78 is 0. The molecule has 0 spiro atoms. The van der Waals surface area contributed by atoms with E-state index in [0.717, 1.165) is 11.1 Å². The second-order valence-electron chi connectivity index (χ2n) is 3.22. The molecule has 2 heteroatoms. The molecule has 1 aromatic carbocycles. The molecular formula is C10H14CdO. The molecule has 0 heterocycles. The second-order valence-corrected chi connectivity index (χ2v) is 3.22. The first-order chi connectivity index (χ1) is 5.11. The Morgan fingerprint density at radius 3 is 2.25 bits per heavy atom. The molecule has 62 valence electrons. The predicted molar refractivity (Wildman–Crippen MR) is 46.9 cm³/mol. The molecule has 0 aliphatic heterocycles. The van der Waals surface area contributed by atoms with Gasteiger partial charge >= 0.3 is 0 Å². The van der Waals surface area contributed by atoms with E-state index in [0.29, 0.717) is 11.7 Å². The van der Waals surface area contributed by atoms with Gasteiger partial charge in [-0.15, -0.1) is 0 Å². The van der Waals surface area contributed by atoms with E-state index in [9.17, 15) is 5.11 Å². The van der Waals surface area contributed by atoms with Gasteiger partial charge in [0.1, 0.15) is 5.75 Å². The Labute approximate surface area is 94.0 Å². The van der Waals surface area contributed by atoms with Crippen molar-refractivity contribution >= 4 is 0 Å². The number of hydrogen-bond donors (Lipinski definition) is 1. The fourth-order valence-electron chi connectivity index (χ4n) is 1.14. The second kappa shape index (κ2) is 4.84. The Hall–Kier alpha value is -0.0579. The summed E-state index contributed by atoms with van der Waals surface area (Å²) in [4.78, 5) is 0. The Kier molecular flexibility index (Phi) is 4.82. The Morgan fingerprint density at radius 2 is 1.83 bits per heavy atom. The first kappa shape index (κ1) is 11.9. The number of phenolic OH excluding ortho intramolecular Hbond substituents is 1. The van der Waals surface area contributed by atoms with Crippen LogP contribution in [0.15, 0.2) is 18.2 Å². The van der Waals surface area contributed by atoms with Gasteiger partial charge in [-0.05, 0) is 30.0 Å². The van der Waals surface area contributed by atoms with Gasteiger partial charge in [0.15, 0.2) is 0 Å². The molecule has 0 aliphatic rings. The molecule has 0 bridgehead atoms. The summed E-state index contributed by atoms with van der Waals surface area (Å²) >= 11 is 0. The zero-order valence-electron chi connectivity index (χ0n) is 7.96. The normalized spacial score (nSPS) is 9.67. The van der Waals surface area contributed by atoms with Crippen LogP contribution in [-0.2, 0) is 27.3 Å². The summed E-state index contributed by atoms with van der Waals surface area (Å²) in [5.74, 6) is 0.815. The fraction of sp³-hybridized carbons (Fsp3) is 0.400. The quantitative estimate of drug-likeness (QED) is 0.772. The number of rotatable bonds is 1. The third-order valence-electron chi connectivity index (χ3n) is 1.81. The number of benzene rings is 1. The Bertz CT molecular complexity index is 256. The summed E-state index contributed by atoms with van der Waals surface area (Å²) in [6, 6.07) is 5.81. The summed E-state index contributed by atoms with van der Waals surface area (Å²) in [5, 5.41) is 9.46. The van der Waals surface area contributed by atoms with Crippen molar-refractivity contribution in [1.29, 1.82) is 0 Å². The van der Waals surface area contributed by atoms with E-state index >= 15 is 0 Å². The molecule has 1 rings (SSSR count). The van der Waals surface area contributed by atoms with Gasteiger partial charge < -0.3 is 5.11 Å². The van der Waals surface area contributed by atoms with Crippen LogP contribution in [0.25, 0.3) is 0 Å². The molecular weight excluding hydrogens is 249 g/mol. The zero-order chi connectivity index (χ0) is 8.43. The van der Waals surface area contributed by atoms with Gasteiger partial charge in [-0.25, -0.2) is 0 Å². The van der Waals surface area contributed by atoms with E-state index in [1.807, 2.05) is 19.1 Å². The van der Waals surface area contributed by atoms with Crippen LogP contribution in [-0.4, -0.2) is 5.11 Å². The van der Waals surface area contributed by atoms with E-state index in [4.69, 9.17) is 0 Å².